The Morgan fingerprint density at radius 2 is 0.775 bits per heavy atom. The number of aryl methyl sites for hydroxylation is 7. The second-order valence-electron chi connectivity index (χ2n) is 29.9. The summed E-state index contributed by atoms with van der Waals surface area (Å²) in [7, 11) is 0. The number of hydrogen-bond acceptors (Lipinski definition) is 23. The normalized spacial score (nSPS) is 11.8. The van der Waals surface area contributed by atoms with Crippen LogP contribution in [0.4, 0.5) is 24.5 Å². The van der Waals surface area contributed by atoms with E-state index >= 15 is 0 Å². The first-order chi connectivity index (χ1) is 66.3. The molecule has 1 aliphatic heterocycles. The second-order valence-corrected chi connectivity index (χ2v) is 30.7. The SMILES string of the molecule is Cc1ccc(CNC(=O)/C(C#N)=C/c2c(Cl)ccc(C)c2F)o1.Cc1ccc(CNC(=O)/C(C#N)=C/c2c(F)ccc(Cl)c2F)o1.Cc1ccc(CNC(=O)/C(C#N)=C/c2ccc(N3CCCCC3)cc2)o1.Cc1ccc(CNC(=O)/C(C#N)=C/c2ccc([N+](=O)[O-])cc2)o1.Cc1ccc(CNC(=O)/C(C#N)=C/c2ccnc3ccccc23)o1.Cc1ccc(CNC(=O)/C(C#N)=C/c2ncc[nH]2)o1. The zero-order chi connectivity index (χ0) is 99.7. The molecule has 0 unspecified atom stereocenters. The number of furan rings is 6. The number of piperidine rings is 1. The van der Waals surface area contributed by atoms with Crippen molar-refractivity contribution in [1.82, 2.24) is 46.9 Å². The van der Waals surface area contributed by atoms with Crippen LogP contribution in [-0.2, 0) is 68.0 Å². The van der Waals surface area contributed by atoms with Crippen LogP contribution >= 0.6 is 23.2 Å². The van der Waals surface area contributed by atoms with Crippen molar-refractivity contribution in [1.29, 1.82) is 31.6 Å². The lowest BCUT2D eigenvalue weighted by atomic mass is 10.1. The Morgan fingerprint density at radius 3 is 1.14 bits per heavy atom. The van der Waals surface area contributed by atoms with Crippen molar-refractivity contribution in [2.75, 3.05) is 18.0 Å². The summed E-state index contributed by atoms with van der Waals surface area (Å²) in [6.45, 7) is 15.7. The molecule has 138 heavy (non-hydrogen) atoms. The number of nitro groups is 1. The molecule has 700 valence electrons. The summed E-state index contributed by atoms with van der Waals surface area (Å²) in [6.07, 6.45) is 16.5. The van der Waals surface area contributed by atoms with E-state index in [4.69, 9.17) is 70.8 Å². The van der Waals surface area contributed by atoms with E-state index in [0.717, 1.165) is 88.2 Å². The quantitative estimate of drug-likeness (QED) is 0.00870. The van der Waals surface area contributed by atoms with Crippen LogP contribution in [-0.4, -0.2) is 68.4 Å². The number of nitrogens with zero attached hydrogens (tertiary/aromatic N) is 10. The molecule has 0 saturated carbocycles. The van der Waals surface area contributed by atoms with Crippen LogP contribution in [0.15, 0.2) is 254 Å². The minimum Gasteiger partial charge on any atom is -0.465 e. The van der Waals surface area contributed by atoms with Crippen molar-refractivity contribution < 1.29 is 73.4 Å². The number of amides is 6. The topological polar surface area (TPSA) is 484 Å². The number of nitrogens with one attached hydrogen (secondary N) is 7. The first-order valence-corrected chi connectivity index (χ1v) is 42.8. The van der Waals surface area contributed by atoms with Crippen molar-refractivity contribution in [3.05, 3.63) is 374 Å². The third-order valence-electron chi connectivity index (χ3n) is 19.6. The van der Waals surface area contributed by atoms with Gasteiger partial charge in [0.1, 0.15) is 156 Å². The standard InChI is InChI=1S/C21H23N3O2.C19H15N3O2.C17H14ClFN2O2.C16H11ClF2N2O2.C16H13N3O4.C13H12N4O2/c1-16-5-10-20(26-16)15-23-21(25)18(14-22)13-17-6-8-19(9-7-17)24-11-3-2-4-12-24;1-13-6-7-16(24-13)12-22-19(23)15(11-20)10-14-8-9-21-18-5-3-2-4-17(14)18;1-10-3-6-15(18)14(16(10)19)7-12(8-20)17(22)21-9-13-5-4-11(2)23-13;1-9-2-3-11(23-9)8-21-16(22)10(7-20)6-12-14(18)5-4-13(17)15(12)19;1-11-2-7-15(23-11)10-18-16(20)13(9-17)8-12-3-5-14(6-4-12)19(21)22;1-9-2-3-11(19-9)8-17-13(18)10(7-14)6-12-15-4-5-16-12/h5-10,13H,2-4,11-12,15H2,1H3,(H,23,25);2-10H,12H2,1H3,(H,22,23);3-7H,9H2,1-2H3,(H,21,22);2-6H,8H2,1H3,(H,21,22);2-8H,10H2,1H3,(H,18,20);2-6H,8H2,1H3,(H,15,16)(H,17,18)/b18-13+;15-10+;12-7+;10-6+;13-8+;10-6+. The van der Waals surface area contributed by atoms with Crippen molar-refractivity contribution >= 4 is 117 Å². The summed E-state index contributed by atoms with van der Waals surface area (Å²) >= 11 is 11.5. The monoisotopic (exact) mass is 1900 g/mol. The van der Waals surface area contributed by atoms with Gasteiger partial charge in [-0.1, -0.05) is 59.6 Å². The van der Waals surface area contributed by atoms with E-state index in [-0.39, 0.29) is 88.4 Å². The van der Waals surface area contributed by atoms with Crippen LogP contribution in [0.2, 0.25) is 10.0 Å². The number of nitriles is 6. The summed E-state index contributed by atoms with van der Waals surface area (Å²) in [6, 6.07) is 60.2. The highest BCUT2D eigenvalue weighted by atomic mass is 35.5. The number of halogens is 5. The summed E-state index contributed by atoms with van der Waals surface area (Å²) in [5.74, 6) is 2.76. The van der Waals surface area contributed by atoms with Gasteiger partial charge < -0.3 is 68.3 Å². The Bertz CT molecular complexity index is 6860. The number of pyridine rings is 1. The summed E-state index contributed by atoms with van der Waals surface area (Å²) in [4.78, 5) is 95.7. The highest BCUT2D eigenvalue weighted by Crippen LogP contribution is 2.28. The van der Waals surface area contributed by atoms with Gasteiger partial charge in [-0.2, -0.15) is 31.6 Å². The average Bonchev–Trinajstić information content (AvgIpc) is 1.54. The van der Waals surface area contributed by atoms with E-state index in [1.807, 2.05) is 106 Å². The Morgan fingerprint density at radius 1 is 0.413 bits per heavy atom. The van der Waals surface area contributed by atoms with Crippen LogP contribution in [0.5, 0.6) is 0 Å². The van der Waals surface area contributed by atoms with E-state index in [1.54, 1.807) is 125 Å². The number of rotatable bonds is 26. The van der Waals surface area contributed by atoms with Gasteiger partial charge in [-0.25, -0.2) is 18.2 Å². The summed E-state index contributed by atoms with van der Waals surface area (Å²) in [5, 5.41) is 81.7. The van der Waals surface area contributed by atoms with E-state index < -0.39 is 69.0 Å². The maximum atomic E-state index is 14.1. The van der Waals surface area contributed by atoms with Crippen molar-refractivity contribution in [3.63, 3.8) is 0 Å². The smallest absolute Gasteiger partial charge is 0.269 e. The van der Waals surface area contributed by atoms with Crippen molar-refractivity contribution in [2.24, 2.45) is 0 Å². The number of carbonyl (C=O) groups excluding carboxylic acids is 6. The first kappa shape index (κ1) is 104. The molecular formula is C102H88Cl2F3N17O14. The summed E-state index contributed by atoms with van der Waals surface area (Å²) < 4.78 is 73.6. The van der Waals surface area contributed by atoms with Gasteiger partial charge in [0.25, 0.3) is 41.1 Å². The zero-order valence-electron chi connectivity index (χ0n) is 75.3. The number of para-hydroxylation sites is 1. The molecule has 1 aliphatic rings. The minimum atomic E-state index is -1.03. The van der Waals surface area contributed by atoms with Crippen LogP contribution in [0.3, 0.4) is 0 Å². The molecule has 9 heterocycles. The molecule has 1 fully saturated rings. The molecule has 0 atom stereocenters. The molecule has 6 amide bonds. The lowest BCUT2D eigenvalue weighted by molar-refractivity contribution is -0.384. The number of hydrogen-bond donors (Lipinski definition) is 7. The number of fused-ring (bicyclic) bond motifs is 1. The molecule has 31 nitrogen and oxygen atoms in total. The predicted molar refractivity (Wildman–Crippen MR) is 507 cm³/mol. The van der Waals surface area contributed by atoms with Gasteiger partial charge in [-0.15, -0.1) is 0 Å². The molecule has 7 N–H and O–H groups in total. The third-order valence-corrected chi connectivity index (χ3v) is 20.2. The number of anilines is 1. The van der Waals surface area contributed by atoms with E-state index in [9.17, 15) is 62.6 Å². The molecule has 13 aromatic rings. The first-order valence-electron chi connectivity index (χ1n) is 42.1. The Labute approximate surface area is 800 Å². The van der Waals surface area contributed by atoms with Gasteiger partial charge >= 0.3 is 0 Å². The maximum absolute atomic E-state index is 14.1. The fraction of sp³-hybridized carbons (Fsp3) is 0.176. The third kappa shape index (κ3) is 32.3. The molecule has 14 rings (SSSR count). The largest absolute Gasteiger partial charge is 0.465 e. The highest BCUT2D eigenvalue weighted by Gasteiger charge is 2.21. The number of imidazole rings is 1. The van der Waals surface area contributed by atoms with E-state index in [0.29, 0.717) is 57.3 Å². The number of carbonyl (C=O) groups is 6. The molecule has 36 heteroatoms. The highest BCUT2D eigenvalue weighted by molar-refractivity contribution is 6.32. The lowest BCUT2D eigenvalue weighted by Gasteiger charge is -2.28. The predicted octanol–water partition coefficient (Wildman–Crippen LogP) is 19.1. The molecule has 5 aromatic carbocycles. The van der Waals surface area contributed by atoms with Crippen molar-refractivity contribution in [3.8, 4) is 36.4 Å². The zero-order valence-corrected chi connectivity index (χ0v) is 76.8. The molecule has 0 aliphatic carbocycles. The molecule has 0 spiro atoms. The minimum absolute atomic E-state index is 0.0155. The van der Waals surface area contributed by atoms with Gasteiger partial charge in [-0.05, 0) is 248 Å². The molecule has 0 bridgehead atoms. The van der Waals surface area contributed by atoms with Crippen molar-refractivity contribution in [2.45, 2.75) is 107 Å². The van der Waals surface area contributed by atoms with Crippen LogP contribution < -0.4 is 36.8 Å². The van der Waals surface area contributed by atoms with Gasteiger partial charge in [0, 0.05) is 72.1 Å². The Kier molecular flexibility index (Phi) is 39.5. The van der Waals surface area contributed by atoms with Crippen LogP contribution in [0.25, 0.3) is 47.4 Å². The molecular weight excluding hydrogens is 1820 g/mol. The number of non-ortho nitro benzene ring substituents is 1. The van der Waals surface area contributed by atoms with Crippen LogP contribution in [0.1, 0.15) is 128 Å². The maximum Gasteiger partial charge on any atom is 0.269 e. The van der Waals surface area contributed by atoms with E-state index in [1.165, 1.54) is 73.5 Å². The lowest BCUT2D eigenvalue weighted by Crippen LogP contribution is -2.29. The summed E-state index contributed by atoms with van der Waals surface area (Å²) in [5.41, 5.74) is 3.27. The van der Waals surface area contributed by atoms with Gasteiger partial charge in [0.15, 0.2) is 5.82 Å². The van der Waals surface area contributed by atoms with E-state index in [2.05, 4.69) is 63.9 Å². The number of aromatic nitrogens is 3. The molecule has 0 radical (unpaired) electrons. The Hall–Kier alpha value is -17.8. The fourth-order valence-corrected chi connectivity index (χ4v) is 12.9. The van der Waals surface area contributed by atoms with Crippen LogP contribution in [0, 0.1) is 144 Å². The molecule has 1 saturated heterocycles. The fourth-order valence-electron chi connectivity index (χ4n) is 12.6. The number of nitro benzene ring substituents is 1. The molecule has 8 aromatic heterocycles. The number of aromatic amines is 1. The Balaban J connectivity index is 0.000000186. The second kappa shape index (κ2) is 52.4. The number of H-pyrrole nitrogens is 1. The number of benzene rings is 5. The van der Waals surface area contributed by atoms with Gasteiger partial charge in [0.2, 0.25) is 0 Å². The van der Waals surface area contributed by atoms with Gasteiger partial charge in [-0.3, -0.25) is 43.9 Å². The van der Waals surface area contributed by atoms with Gasteiger partial charge in [0.05, 0.1) is 59.8 Å². The average molecular weight is 1900 g/mol.